The largest absolute Gasteiger partial charge is 0.343 e. The van der Waals surface area contributed by atoms with Crippen LogP contribution in [0.4, 0.5) is 0 Å². The molecular formula is C16H18N4OS2. The molecule has 3 rings (SSSR count). The van der Waals surface area contributed by atoms with E-state index < -0.39 is 0 Å². The average molecular weight is 346 g/mol. The third kappa shape index (κ3) is 3.40. The molecule has 0 saturated carbocycles. The van der Waals surface area contributed by atoms with Crippen LogP contribution in [-0.2, 0) is 13.6 Å². The van der Waals surface area contributed by atoms with E-state index in [4.69, 9.17) is 0 Å². The summed E-state index contributed by atoms with van der Waals surface area (Å²) in [5.41, 5.74) is 2.94. The van der Waals surface area contributed by atoms with Crippen molar-refractivity contribution in [3.05, 3.63) is 51.7 Å². The predicted octanol–water partition coefficient (Wildman–Crippen LogP) is 3.32. The van der Waals surface area contributed by atoms with E-state index >= 15 is 0 Å². The highest BCUT2D eigenvalue weighted by molar-refractivity contribution is 7.99. The summed E-state index contributed by atoms with van der Waals surface area (Å²) in [6, 6.07) is 6.16. The van der Waals surface area contributed by atoms with Crippen molar-refractivity contribution in [2.24, 2.45) is 7.05 Å². The number of hydrogen-bond acceptors (Lipinski definition) is 5. The van der Waals surface area contributed by atoms with Crippen LogP contribution in [0.15, 0.2) is 35.1 Å². The molecule has 0 unspecified atom stereocenters. The molecule has 0 N–H and O–H groups in total. The Hall–Kier alpha value is -1.86. The predicted molar refractivity (Wildman–Crippen MR) is 93.4 cm³/mol. The zero-order valence-electron chi connectivity index (χ0n) is 13.3. The molecule has 0 atom stereocenters. The number of rotatable bonds is 6. The maximum atomic E-state index is 12.6. The molecule has 0 amide bonds. The summed E-state index contributed by atoms with van der Waals surface area (Å²) in [7, 11) is 1.87. The minimum absolute atomic E-state index is 0.128. The first-order valence-electron chi connectivity index (χ1n) is 7.25. The van der Waals surface area contributed by atoms with E-state index in [9.17, 15) is 4.79 Å². The smallest absolute Gasteiger partial charge is 0.191 e. The second-order valence-electron chi connectivity index (χ2n) is 5.39. The standard InChI is InChI=1S/C16H18N4OS2/c1-11-7-14(12(2)20(11)8-13-5-4-6-22-13)15(21)9-23-16-18-17-10-19(16)3/h4-7,10H,8-9H2,1-3H3. The zero-order valence-corrected chi connectivity index (χ0v) is 14.9. The Morgan fingerprint density at radius 3 is 2.87 bits per heavy atom. The number of ketones is 1. The number of hydrogen-bond donors (Lipinski definition) is 0. The molecule has 3 aromatic heterocycles. The fraction of sp³-hybridized carbons (Fsp3) is 0.312. The van der Waals surface area contributed by atoms with Gasteiger partial charge in [0.15, 0.2) is 10.9 Å². The van der Waals surface area contributed by atoms with Crippen LogP contribution >= 0.6 is 23.1 Å². The zero-order chi connectivity index (χ0) is 16.4. The summed E-state index contributed by atoms with van der Waals surface area (Å²) in [5, 5.41) is 10.7. The number of thioether (sulfide) groups is 1. The van der Waals surface area contributed by atoms with Crippen molar-refractivity contribution < 1.29 is 4.79 Å². The van der Waals surface area contributed by atoms with E-state index in [0.29, 0.717) is 5.75 Å². The molecule has 0 aromatic carbocycles. The highest BCUT2D eigenvalue weighted by Gasteiger charge is 2.17. The van der Waals surface area contributed by atoms with Gasteiger partial charge in [0.05, 0.1) is 12.3 Å². The first-order valence-corrected chi connectivity index (χ1v) is 9.12. The molecule has 120 valence electrons. The molecule has 0 bridgehead atoms. The van der Waals surface area contributed by atoms with E-state index in [2.05, 4.69) is 32.3 Å². The van der Waals surface area contributed by atoms with Gasteiger partial charge in [-0.25, -0.2) is 0 Å². The Labute approximate surface area is 143 Å². The lowest BCUT2D eigenvalue weighted by molar-refractivity contribution is 0.102. The van der Waals surface area contributed by atoms with Crippen LogP contribution in [0.1, 0.15) is 26.6 Å². The number of Topliss-reactive ketones (excluding diaryl/α,β-unsaturated/α-hetero) is 1. The normalized spacial score (nSPS) is 11.1. The molecule has 5 nitrogen and oxygen atoms in total. The first-order chi connectivity index (χ1) is 11.1. The average Bonchev–Trinajstić information content (AvgIpc) is 3.23. The van der Waals surface area contributed by atoms with Gasteiger partial charge in [0, 0.05) is 28.9 Å². The molecule has 0 spiro atoms. The van der Waals surface area contributed by atoms with Crippen molar-refractivity contribution in [2.45, 2.75) is 25.5 Å². The van der Waals surface area contributed by atoms with Gasteiger partial charge >= 0.3 is 0 Å². The number of aryl methyl sites for hydroxylation is 2. The molecule has 3 aromatic rings. The minimum Gasteiger partial charge on any atom is -0.343 e. The van der Waals surface area contributed by atoms with Crippen LogP contribution in [0.3, 0.4) is 0 Å². The summed E-state index contributed by atoms with van der Waals surface area (Å²) in [5.74, 6) is 0.499. The van der Waals surface area contributed by atoms with Crippen molar-refractivity contribution in [3.8, 4) is 0 Å². The van der Waals surface area contributed by atoms with Gasteiger partial charge < -0.3 is 9.13 Å². The van der Waals surface area contributed by atoms with E-state index in [-0.39, 0.29) is 5.78 Å². The third-order valence-corrected chi connectivity index (χ3v) is 5.67. The lowest BCUT2D eigenvalue weighted by atomic mass is 10.2. The van der Waals surface area contributed by atoms with Crippen LogP contribution < -0.4 is 0 Å². The molecular weight excluding hydrogens is 328 g/mol. The highest BCUT2D eigenvalue weighted by Crippen LogP contribution is 2.22. The first kappa shape index (κ1) is 16.0. The number of nitrogens with zero attached hydrogens (tertiary/aromatic N) is 4. The van der Waals surface area contributed by atoms with E-state index in [0.717, 1.165) is 28.7 Å². The number of carbonyl (C=O) groups excluding carboxylic acids is 1. The fourth-order valence-corrected chi connectivity index (χ4v) is 3.96. The Kier molecular flexibility index (Phi) is 4.68. The minimum atomic E-state index is 0.128. The molecule has 0 saturated heterocycles. The lowest BCUT2D eigenvalue weighted by Crippen LogP contribution is -2.07. The molecule has 0 radical (unpaired) electrons. The van der Waals surface area contributed by atoms with E-state index in [1.54, 1.807) is 17.7 Å². The third-order valence-electron chi connectivity index (χ3n) is 3.77. The Morgan fingerprint density at radius 1 is 1.39 bits per heavy atom. The molecule has 0 aliphatic heterocycles. The Balaban J connectivity index is 1.75. The SMILES string of the molecule is Cc1cc(C(=O)CSc2nncn2C)c(C)n1Cc1cccs1. The van der Waals surface area contributed by atoms with E-state index in [1.165, 1.54) is 16.6 Å². The summed E-state index contributed by atoms with van der Waals surface area (Å²) in [6.07, 6.45) is 1.64. The molecule has 0 aliphatic carbocycles. The van der Waals surface area contributed by atoms with Crippen molar-refractivity contribution in [3.63, 3.8) is 0 Å². The van der Waals surface area contributed by atoms with Crippen LogP contribution in [0.5, 0.6) is 0 Å². The second-order valence-corrected chi connectivity index (χ2v) is 7.36. The van der Waals surface area contributed by atoms with Gasteiger partial charge in [-0.2, -0.15) is 0 Å². The van der Waals surface area contributed by atoms with Gasteiger partial charge in [0.1, 0.15) is 6.33 Å². The van der Waals surface area contributed by atoms with Gasteiger partial charge in [0.2, 0.25) is 0 Å². The maximum absolute atomic E-state index is 12.6. The van der Waals surface area contributed by atoms with Crippen molar-refractivity contribution in [1.29, 1.82) is 0 Å². The van der Waals surface area contributed by atoms with Gasteiger partial charge in [-0.05, 0) is 31.4 Å². The van der Waals surface area contributed by atoms with Crippen LogP contribution in [0.25, 0.3) is 0 Å². The van der Waals surface area contributed by atoms with Gasteiger partial charge in [-0.15, -0.1) is 21.5 Å². The topological polar surface area (TPSA) is 52.7 Å². The number of thiophene rings is 1. The highest BCUT2D eigenvalue weighted by atomic mass is 32.2. The van der Waals surface area contributed by atoms with Gasteiger partial charge in [-0.1, -0.05) is 17.8 Å². The lowest BCUT2D eigenvalue weighted by Gasteiger charge is -2.08. The van der Waals surface area contributed by atoms with Crippen LogP contribution in [0.2, 0.25) is 0 Å². The summed E-state index contributed by atoms with van der Waals surface area (Å²) in [4.78, 5) is 13.8. The van der Waals surface area contributed by atoms with Crippen molar-refractivity contribution >= 4 is 28.9 Å². The van der Waals surface area contributed by atoms with Crippen molar-refractivity contribution in [1.82, 2.24) is 19.3 Å². The van der Waals surface area contributed by atoms with Crippen LogP contribution in [-0.4, -0.2) is 30.9 Å². The van der Waals surface area contributed by atoms with Crippen molar-refractivity contribution in [2.75, 3.05) is 5.75 Å². The maximum Gasteiger partial charge on any atom is 0.191 e. The van der Waals surface area contributed by atoms with Gasteiger partial charge in [0.25, 0.3) is 0 Å². The Bertz CT molecular complexity index is 817. The second kappa shape index (κ2) is 6.72. The quantitative estimate of drug-likeness (QED) is 0.507. The number of aromatic nitrogens is 4. The molecule has 0 fully saturated rings. The summed E-state index contributed by atoms with van der Waals surface area (Å²) in [6.45, 7) is 4.88. The molecule has 7 heteroatoms. The Morgan fingerprint density at radius 2 is 2.22 bits per heavy atom. The monoisotopic (exact) mass is 346 g/mol. The molecule has 23 heavy (non-hydrogen) atoms. The van der Waals surface area contributed by atoms with E-state index in [1.807, 2.05) is 31.5 Å². The molecule has 0 aliphatic rings. The molecule has 3 heterocycles. The van der Waals surface area contributed by atoms with Gasteiger partial charge in [-0.3, -0.25) is 4.79 Å². The van der Waals surface area contributed by atoms with Crippen LogP contribution in [0, 0.1) is 13.8 Å². The summed E-state index contributed by atoms with van der Waals surface area (Å²) < 4.78 is 4.02. The number of carbonyl (C=O) groups is 1. The fourth-order valence-electron chi connectivity index (χ4n) is 2.50. The summed E-state index contributed by atoms with van der Waals surface area (Å²) >= 11 is 3.15.